The van der Waals surface area contributed by atoms with Crippen LogP contribution in [0.5, 0.6) is 0 Å². The molecule has 0 saturated heterocycles. The Morgan fingerprint density at radius 2 is 2.18 bits per heavy atom. The van der Waals surface area contributed by atoms with Crippen molar-refractivity contribution in [3.05, 3.63) is 58.6 Å². The Bertz CT molecular complexity index is 896. The summed E-state index contributed by atoms with van der Waals surface area (Å²) in [5.74, 6) is 0. The van der Waals surface area contributed by atoms with E-state index in [-0.39, 0.29) is 0 Å². The van der Waals surface area contributed by atoms with E-state index in [2.05, 4.69) is 15.6 Å². The third-order valence-electron chi connectivity index (χ3n) is 3.10. The monoisotopic (exact) mass is 311 g/mol. The van der Waals surface area contributed by atoms with E-state index in [9.17, 15) is 4.79 Å². The molecule has 7 heteroatoms. The van der Waals surface area contributed by atoms with E-state index in [1.54, 1.807) is 30.3 Å². The van der Waals surface area contributed by atoms with E-state index in [0.717, 1.165) is 5.56 Å². The largest absolute Gasteiger partial charge is 0.344 e. The summed E-state index contributed by atoms with van der Waals surface area (Å²) >= 11 is 5.90. The number of hydrogen-bond donors (Lipinski definition) is 1. The fourth-order valence-corrected chi connectivity index (χ4v) is 2.26. The van der Waals surface area contributed by atoms with Gasteiger partial charge in [0.15, 0.2) is 0 Å². The quantitative estimate of drug-likeness (QED) is 0.788. The molecule has 22 heavy (non-hydrogen) atoms. The summed E-state index contributed by atoms with van der Waals surface area (Å²) in [5, 5.41) is 19.9. The van der Waals surface area contributed by atoms with Crippen molar-refractivity contribution in [3.8, 4) is 6.07 Å². The van der Waals surface area contributed by atoms with Crippen molar-refractivity contribution in [3.63, 3.8) is 0 Å². The Labute approximate surface area is 130 Å². The van der Waals surface area contributed by atoms with Gasteiger partial charge in [-0.05, 0) is 35.9 Å². The minimum Gasteiger partial charge on any atom is -0.332 e. The third kappa shape index (κ3) is 2.75. The Kier molecular flexibility index (Phi) is 3.73. The molecule has 0 atom stereocenters. The summed E-state index contributed by atoms with van der Waals surface area (Å²) in [5.41, 5.74) is 2.40. The topological polar surface area (TPSA) is 83.6 Å². The fraction of sp³-hybridized carbons (Fsp3) is 0.0667. The number of hydrogen-bond acceptors (Lipinski definition) is 4. The van der Waals surface area contributed by atoms with E-state index in [1.165, 1.54) is 4.68 Å². The molecule has 1 N–H and O–H groups in total. The second kappa shape index (κ2) is 5.84. The highest BCUT2D eigenvalue weighted by molar-refractivity contribution is 6.30. The molecule has 1 amide bonds. The first kappa shape index (κ1) is 14.0. The van der Waals surface area contributed by atoms with Crippen LogP contribution in [0.15, 0.2) is 42.5 Å². The molecule has 1 aromatic heterocycles. The first-order chi connectivity index (χ1) is 10.7. The summed E-state index contributed by atoms with van der Waals surface area (Å²) < 4.78 is 1.17. The van der Waals surface area contributed by atoms with Crippen LogP contribution < -0.4 is 5.32 Å². The molecule has 0 unspecified atom stereocenters. The number of fused-ring (bicyclic) bond motifs is 1. The molecule has 0 spiro atoms. The number of carbonyl (C=O) groups excluding carboxylic acids is 1. The second-order valence-corrected chi connectivity index (χ2v) is 5.04. The predicted molar refractivity (Wildman–Crippen MR) is 81.3 cm³/mol. The molecule has 0 radical (unpaired) electrons. The summed E-state index contributed by atoms with van der Waals surface area (Å²) in [4.78, 5) is 12.2. The van der Waals surface area contributed by atoms with Crippen molar-refractivity contribution >= 4 is 28.7 Å². The molecular formula is C15H10ClN5O. The predicted octanol–water partition coefficient (Wildman–Crippen LogP) is 2.71. The second-order valence-electron chi connectivity index (χ2n) is 4.61. The van der Waals surface area contributed by atoms with E-state index in [4.69, 9.17) is 16.9 Å². The summed E-state index contributed by atoms with van der Waals surface area (Å²) in [6, 6.07) is 13.7. The molecule has 3 aromatic rings. The highest BCUT2D eigenvalue weighted by atomic mass is 35.5. The molecule has 0 aliphatic rings. The number of rotatable bonds is 2. The minimum absolute atomic E-state index is 0.330. The molecule has 0 saturated carbocycles. The minimum atomic E-state index is -0.396. The fourth-order valence-electron chi connectivity index (χ4n) is 2.04. The van der Waals surface area contributed by atoms with Gasteiger partial charge in [0.05, 0.1) is 17.1 Å². The van der Waals surface area contributed by atoms with Gasteiger partial charge in [-0.3, -0.25) is 0 Å². The van der Waals surface area contributed by atoms with Crippen molar-refractivity contribution in [1.82, 2.24) is 20.3 Å². The van der Waals surface area contributed by atoms with Gasteiger partial charge < -0.3 is 5.32 Å². The average molecular weight is 312 g/mol. The zero-order valence-electron chi connectivity index (χ0n) is 11.3. The number of aromatic nitrogens is 3. The van der Waals surface area contributed by atoms with Gasteiger partial charge in [-0.15, -0.1) is 5.10 Å². The lowest BCUT2D eigenvalue weighted by Gasteiger charge is -2.05. The lowest BCUT2D eigenvalue weighted by atomic mass is 10.2. The van der Waals surface area contributed by atoms with Crippen LogP contribution >= 0.6 is 11.6 Å². The SMILES string of the molecule is N#Cc1ccc2c(c1)nnn2C(=O)NCc1cccc(Cl)c1. The van der Waals surface area contributed by atoms with Crippen molar-refractivity contribution < 1.29 is 4.79 Å². The van der Waals surface area contributed by atoms with Crippen LogP contribution in [0.4, 0.5) is 4.79 Å². The maximum atomic E-state index is 12.2. The lowest BCUT2D eigenvalue weighted by molar-refractivity contribution is 0.239. The zero-order chi connectivity index (χ0) is 15.5. The first-order valence-corrected chi connectivity index (χ1v) is 6.83. The molecule has 2 aromatic carbocycles. The zero-order valence-corrected chi connectivity index (χ0v) is 12.1. The standard InChI is InChI=1S/C15H10ClN5O/c16-12-3-1-2-11(6-12)9-18-15(22)21-14-5-4-10(8-17)7-13(14)19-20-21/h1-7H,9H2,(H,18,22). The normalized spacial score (nSPS) is 10.4. The van der Waals surface area contributed by atoms with Crippen LogP contribution in [0.3, 0.4) is 0 Å². The van der Waals surface area contributed by atoms with Gasteiger partial charge in [0.25, 0.3) is 0 Å². The maximum absolute atomic E-state index is 12.2. The van der Waals surface area contributed by atoms with Crippen molar-refractivity contribution in [2.24, 2.45) is 0 Å². The van der Waals surface area contributed by atoms with Gasteiger partial charge >= 0.3 is 6.03 Å². The van der Waals surface area contributed by atoms with Gasteiger partial charge in [0.2, 0.25) is 0 Å². The maximum Gasteiger partial charge on any atom is 0.344 e. The first-order valence-electron chi connectivity index (χ1n) is 6.45. The number of nitriles is 1. The van der Waals surface area contributed by atoms with Gasteiger partial charge in [-0.1, -0.05) is 28.9 Å². The van der Waals surface area contributed by atoms with Gasteiger partial charge in [0.1, 0.15) is 5.52 Å². The molecule has 3 rings (SSSR count). The highest BCUT2D eigenvalue weighted by Gasteiger charge is 2.12. The number of nitrogens with one attached hydrogen (secondary N) is 1. The Morgan fingerprint density at radius 3 is 2.95 bits per heavy atom. The van der Waals surface area contributed by atoms with E-state index in [1.807, 2.05) is 18.2 Å². The Balaban J connectivity index is 1.79. The summed E-state index contributed by atoms with van der Waals surface area (Å²) in [6.07, 6.45) is 0. The molecule has 0 bridgehead atoms. The van der Waals surface area contributed by atoms with Crippen molar-refractivity contribution in [2.45, 2.75) is 6.54 Å². The van der Waals surface area contributed by atoms with Crippen LogP contribution in [-0.4, -0.2) is 21.0 Å². The van der Waals surface area contributed by atoms with Crippen molar-refractivity contribution in [2.75, 3.05) is 0 Å². The third-order valence-corrected chi connectivity index (χ3v) is 3.33. The molecule has 108 valence electrons. The van der Waals surface area contributed by atoms with Crippen molar-refractivity contribution in [1.29, 1.82) is 5.26 Å². The van der Waals surface area contributed by atoms with Crippen LogP contribution in [0.2, 0.25) is 5.02 Å². The van der Waals surface area contributed by atoms with Gasteiger partial charge in [0, 0.05) is 11.6 Å². The Hall–Kier alpha value is -2.91. The van der Waals surface area contributed by atoms with Crippen LogP contribution in [-0.2, 0) is 6.54 Å². The molecule has 0 aliphatic carbocycles. The number of nitrogens with zero attached hydrogens (tertiary/aromatic N) is 4. The van der Waals surface area contributed by atoms with Crippen LogP contribution in [0.25, 0.3) is 11.0 Å². The number of amides is 1. The van der Waals surface area contributed by atoms with Gasteiger partial charge in [-0.2, -0.15) is 9.94 Å². The molecule has 0 aliphatic heterocycles. The molecule has 1 heterocycles. The summed E-state index contributed by atoms with van der Waals surface area (Å²) in [6.45, 7) is 0.330. The smallest absolute Gasteiger partial charge is 0.332 e. The highest BCUT2D eigenvalue weighted by Crippen LogP contribution is 2.13. The average Bonchev–Trinajstić information content (AvgIpc) is 2.95. The van der Waals surface area contributed by atoms with E-state index in [0.29, 0.717) is 28.2 Å². The molecule has 6 nitrogen and oxygen atoms in total. The number of halogens is 1. The molecule has 0 fully saturated rings. The van der Waals surface area contributed by atoms with Crippen LogP contribution in [0.1, 0.15) is 11.1 Å². The number of benzene rings is 2. The lowest BCUT2D eigenvalue weighted by Crippen LogP contribution is -2.28. The van der Waals surface area contributed by atoms with Crippen LogP contribution in [0, 0.1) is 11.3 Å². The van der Waals surface area contributed by atoms with Gasteiger partial charge in [-0.25, -0.2) is 4.79 Å². The molecular weight excluding hydrogens is 302 g/mol. The summed E-state index contributed by atoms with van der Waals surface area (Å²) in [7, 11) is 0. The number of carbonyl (C=O) groups is 1. The Morgan fingerprint density at radius 1 is 1.32 bits per heavy atom. The van der Waals surface area contributed by atoms with E-state index < -0.39 is 6.03 Å². The van der Waals surface area contributed by atoms with E-state index >= 15 is 0 Å².